The van der Waals surface area contributed by atoms with E-state index in [1.165, 1.54) is 5.56 Å². The molecule has 0 bridgehead atoms. The molecular weight excluding hydrogens is 426 g/mol. The number of hydrogen-bond acceptors (Lipinski definition) is 6. The SMILES string of the molecule is CN(C)CCOc1ccc(-c2n/c(=c3\ccc4c(c3)CCC=4N[O-])c(=C3C=CNC=C3)[nH]2)cc1. The topological polar surface area (TPSA) is 88.3 Å². The molecule has 3 N–H and O–H groups in total. The molecular formula is C27H28N5O2-. The second-order valence-electron chi connectivity index (χ2n) is 8.73. The van der Waals surface area contributed by atoms with E-state index in [9.17, 15) is 5.21 Å². The number of hydroxylamine groups is 1. The molecule has 7 nitrogen and oxygen atoms in total. The van der Waals surface area contributed by atoms with Crippen molar-refractivity contribution >= 4 is 11.3 Å². The number of aromatic nitrogens is 2. The number of hydrogen-bond donors (Lipinski definition) is 3. The average Bonchev–Trinajstić information content (AvgIpc) is 3.49. The highest BCUT2D eigenvalue weighted by molar-refractivity contribution is 5.68. The van der Waals surface area contributed by atoms with Crippen molar-refractivity contribution in [3.8, 4) is 17.1 Å². The van der Waals surface area contributed by atoms with E-state index in [-0.39, 0.29) is 0 Å². The Kier molecular flexibility index (Phi) is 6.20. The number of allylic oxidation sites excluding steroid dienone is 2. The van der Waals surface area contributed by atoms with E-state index in [2.05, 4.69) is 26.7 Å². The van der Waals surface area contributed by atoms with Crippen LogP contribution in [0.5, 0.6) is 5.75 Å². The highest BCUT2D eigenvalue weighted by Gasteiger charge is 2.11. The van der Waals surface area contributed by atoms with E-state index in [0.29, 0.717) is 6.61 Å². The molecule has 1 aliphatic heterocycles. The van der Waals surface area contributed by atoms with Gasteiger partial charge in [0, 0.05) is 41.0 Å². The zero-order chi connectivity index (χ0) is 23.5. The first-order valence-corrected chi connectivity index (χ1v) is 11.4. The van der Waals surface area contributed by atoms with Crippen molar-refractivity contribution in [2.24, 2.45) is 0 Å². The number of nitrogens with zero attached hydrogens (tertiary/aromatic N) is 2. The lowest BCUT2D eigenvalue weighted by Gasteiger charge is -2.11. The predicted molar refractivity (Wildman–Crippen MR) is 134 cm³/mol. The van der Waals surface area contributed by atoms with Crippen LogP contribution in [0.15, 0.2) is 67.0 Å². The van der Waals surface area contributed by atoms with Crippen LogP contribution in [-0.2, 0) is 6.42 Å². The van der Waals surface area contributed by atoms with Gasteiger partial charge in [0.1, 0.15) is 18.2 Å². The number of likely N-dealkylation sites (N-methyl/N-ethyl adjacent to an activating group) is 1. The molecule has 2 aliphatic rings. The number of H-pyrrole nitrogens is 1. The zero-order valence-electron chi connectivity index (χ0n) is 19.4. The third-order valence-corrected chi connectivity index (χ3v) is 6.12. The fraction of sp³-hybridized carbons (Fsp3) is 0.222. The number of benzene rings is 2. The van der Waals surface area contributed by atoms with Crippen molar-refractivity contribution in [1.82, 2.24) is 25.7 Å². The normalized spacial score (nSPS) is 15.5. The zero-order valence-corrected chi connectivity index (χ0v) is 19.4. The maximum atomic E-state index is 11.2. The average molecular weight is 455 g/mol. The summed E-state index contributed by atoms with van der Waals surface area (Å²) in [6.07, 6.45) is 9.48. The van der Waals surface area contributed by atoms with Gasteiger partial charge in [0.15, 0.2) is 0 Å². The van der Waals surface area contributed by atoms with E-state index in [0.717, 1.165) is 68.9 Å². The molecule has 3 aromatic rings. The smallest absolute Gasteiger partial charge is 0.138 e. The summed E-state index contributed by atoms with van der Waals surface area (Å²) in [5.41, 5.74) is 6.06. The predicted octanol–water partition coefficient (Wildman–Crippen LogP) is 2.23. The van der Waals surface area contributed by atoms with Crippen LogP contribution in [0.4, 0.5) is 0 Å². The van der Waals surface area contributed by atoms with Crippen LogP contribution in [0, 0.1) is 15.8 Å². The molecule has 5 rings (SSSR count). The third-order valence-electron chi connectivity index (χ3n) is 6.12. The number of ether oxygens (including phenoxy) is 1. The molecule has 1 aliphatic carbocycles. The molecule has 0 radical (unpaired) electrons. The van der Waals surface area contributed by atoms with Gasteiger partial charge < -0.3 is 30.6 Å². The molecule has 0 unspecified atom stereocenters. The maximum Gasteiger partial charge on any atom is 0.138 e. The summed E-state index contributed by atoms with van der Waals surface area (Å²) in [5.74, 6) is 1.64. The van der Waals surface area contributed by atoms with Gasteiger partial charge in [0.25, 0.3) is 0 Å². The Morgan fingerprint density at radius 3 is 2.59 bits per heavy atom. The number of aromatic amines is 1. The van der Waals surface area contributed by atoms with Crippen LogP contribution < -0.4 is 26.1 Å². The fourth-order valence-corrected chi connectivity index (χ4v) is 4.28. The second kappa shape index (κ2) is 9.59. The summed E-state index contributed by atoms with van der Waals surface area (Å²) in [5, 5.41) is 18.2. The van der Waals surface area contributed by atoms with Crippen molar-refractivity contribution in [1.29, 1.82) is 0 Å². The first-order chi connectivity index (χ1) is 16.6. The lowest BCUT2D eigenvalue weighted by atomic mass is 10.1. The van der Waals surface area contributed by atoms with E-state index < -0.39 is 0 Å². The molecule has 0 saturated carbocycles. The van der Waals surface area contributed by atoms with Crippen LogP contribution in [0.2, 0.25) is 0 Å². The summed E-state index contributed by atoms with van der Waals surface area (Å²) in [6.45, 7) is 1.51. The molecule has 0 spiro atoms. The minimum atomic E-state index is 0.645. The molecule has 0 amide bonds. The van der Waals surface area contributed by atoms with Crippen LogP contribution in [0.3, 0.4) is 0 Å². The van der Waals surface area contributed by atoms with E-state index in [4.69, 9.17) is 9.72 Å². The summed E-state index contributed by atoms with van der Waals surface area (Å²) in [4.78, 5) is 10.6. The van der Waals surface area contributed by atoms with Gasteiger partial charge >= 0.3 is 0 Å². The molecule has 174 valence electrons. The summed E-state index contributed by atoms with van der Waals surface area (Å²) in [6, 6.07) is 14.2. The Hall–Kier alpha value is -3.81. The molecule has 7 heteroatoms. The molecule has 2 aromatic carbocycles. The molecule has 0 atom stereocenters. The van der Waals surface area contributed by atoms with Crippen molar-refractivity contribution in [2.45, 2.75) is 12.8 Å². The minimum absolute atomic E-state index is 0.645. The Morgan fingerprint density at radius 1 is 1.06 bits per heavy atom. The number of aryl methyl sites for hydroxylation is 1. The van der Waals surface area contributed by atoms with E-state index >= 15 is 0 Å². The number of nitrogens with one attached hydrogen (secondary N) is 3. The number of dihydropyridines is 1. The van der Waals surface area contributed by atoms with Gasteiger partial charge in [-0.05, 0) is 80.2 Å². The lowest BCUT2D eigenvalue weighted by Crippen LogP contribution is -2.19. The van der Waals surface area contributed by atoms with Gasteiger partial charge in [-0.3, -0.25) is 0 Å². The number of fused-ring (bicyclic) bond motifs is 1. The Labute approximate surface area is 198 Å². The first-order valence-electron chi connectivity index (χ1n) is 11.4. The van der Waals surface area contributed by atoms with Gasteiger partial charge in [-0.25, -0.2) is 4.98 Å². The maximum absolute atomic E-state index is 11.2. The van der Waals surface area contributed by atoms with E-state index in [1.807, 2.05) is 75.0 Å². The van der Waals surface area contributed by atoms with Crippen molar-refractivity contribution < 1.29 is 4.74 Å². The second-order valence-corrected chi connectivity index (χ2v) is 8.73. The Bertz CT molecular complexity index is 1450. The van der Waals surface area contributed by atoms with Gasteiger partial charge in [0.05, 0.1) is 10.7 Å². The summed E-state index contributed by atoms with van der Waals surface area (Å²) >= 11 is 0. The van der Waals surface area contributed by atoms with Gasteiger partial charge in [-0.15, -0.1) is 0 Å². The van der Waals surface area contributed by atoms with Crippen molar-refractivity contribution in [3.63, 3.8) is 0 Å². The van der Waals surface area contributed by atoms with Gasteiger partial charge in [-0.2, -0.15) is 0 Å². The van der Waals surface area contributed by atoms with Crippen LogP contribution in [0.25, 0.3) is 22.7 Å². The monoisotopic (exact) mass is 454 g/mol. The standard InChI is InChI=1S/C27H28N5O2/c1-32(2)15-16-34-22-7-3-19(4-8-22)27-29-25(18-11-13-28-14-12-18)26(30-27)21-5-9-23-20(17-21)6-10-24(23)31-33/h3-5,7-9,11-14,17,28,31H,6,10,15-16H2,1-2H3,(H,29,30)/q-1/b26-21+. The lowest BCUT2D eigenvalue weighted by molar-refractivity contribution is 0.261. The minimum Gasteiger partial charge on any atom is -0.761 e. The highest BCUT2D eigenvalue weighted by Crippen LogP contribution is 2.19. The van der Waals surface area contributed by atoms with Crippen molar-refractivity contribution in [3.05, 3.63) is 98.9 Å². The van der Waals surface area contributed by atoms with E-state index in [1.54, 1.807) is 0 Å². The first kappa shape index (κ1) is 22.0. The Balaban J connectivity index is 1.61. The summed E-state index contributed by atoms with van der Waals surface area (Å²) in [7, 11) is 4.06. The molecule has 0 fully saturated rings. The van der Waals surface area contributed by atoms with Gasteiger partial charge in [-0.1, -0.05) is 12.1 Å². The van der Waals surface area contributed by atoms with Crippen LogP contribution >= 0.6 is 0 Å². The van der Waals surface area contributed by atoms with Crippen LogP contribution in [0.1, 0.15) is 12.0 Å². The molecule has 34 heavy (non-hydrogen) atoms. The van der Waals surface area contributed by atoms with Crippen LogP contribution in [-0.4, -0.2) is 42.1 Å². The summed E-state index contributed by atoms with van der Waals surface area (Å²) < 4.78 is 5.83. The number of imidazole rings is 1. The van der Waals surface area contributed by atoms with Crippen molar-refractivity contribution in [2.75, 3.05) is 27.2 Å². The molecule has 0 saturated heterocycles. The fourth-order valence-electron chi connectivity index (χ4n) is 4.28. The third kappa shape index (κ3) is 4.48. The quantitative estimate of drug-likeness (QED) is 0.495. The largest absolute Gasteiger partial charge is 0.761 e. The molecule has 2 heterocycles. The van der Waals surface area contributed by atoms with Gasteiger partial charge in [0.2, 0.25) is 0 Å². The molecule has 1 aromatic heterocycles. The Morgan fingerprint density at radius 2 is 1.85 bits per heavy atom. The number of rotatable bonds is 6. The highest BCUT2D eigenvalue weighted by atomic mass is 16.5.